The maximum Gasteiger partial charge on any atom is 0.337 e. The van der Waals surface area contributed by atoms with E-state index in [0.717, 1.165) is 3.57 Å². The minimum Gasteiger partial charge on any atom is -0.478 e. The van der Waals surface area contributed by atoms with Crippen molar-refractivity contribution in [2.75, 3.05) is 11.1 Å². The summed E-state index contributed by atoms with van der Waals surface area (Å²) in [6, 6.07) is 6.82. The van der Waals surface area contributed by atoms with E-state index < -0.39 is 5.97 Å². The predicted octanol–water partition coefficient (Wildman–Crippen LogP) is 3.36. The number of nitrogens with zero attached hydrogens (tertiary/aromatic N) is 1. The van der Waals surface area contributed by atoms with Crippen LogP contribution in [0, 0.1) is 3.57 Å². The normalized spacial score (nSPS) is 10.2. The molecule has 0 saturated heterocycles. The maximum atomic E-state index is 11.0. The second kappa shape index (κ2) is 5.62. The van der Waals surface area contributed by atoms with Gasteiger partial charge in [-0.2, -0.15) is 0 Å². The molecule has 0 unspecified atom stereocenters. The minimum atomic E-state index is -1.10. The summed E-state index contributed by atoms with van der Waals surface area (Å²) in [5.41, 5.74) is 6.31. The van der Waals surface area contributed by atoms with E-state index in [-0.39, 0.29) is 11.3 Å². The number of hydrogen-bond acceptors (Lipinski definition) is 4. The van der Waals surface area contributed by atoms with Crippen LogP contribution in [0.1, 0.15) is 10.4 Å². The molecule has 7 heteroatoms. The Labute approximate surface area is 127 Å². The number of anilines is 3. The number of aromatic nitrogens is 1. The van der Waals surface area contributed by atoms with Gasteiger partial charge in [-0.1, -0.05) is 11.6 Å². The zero-order chi connectivity index (χ0) is 14.0. The fraction of sp³-hybridized carbons (Fsp3) is 0. The molecule has 5 nitrogen and oxygen atoms in total. The highest BCUT2D eigenvalue weighted by Crippen LogP contribution is 2.27. The summed E-state index contributed by atoms with van der Waals surface area (Å²) in [6.45, 7) is 0. The number of nitrogens with one attached hydrogen (secondary N) is 1. The van der Waals surface area contributed by atoms with Gasteiger partial charge in [0.25, 0.3) is 0 Å². The Morgan fingerprint density at radius 3 is 2.84 bits per heavy atom. The highest BCUT2D eigenvalue weighted by atomic mass is 127. The van der Waals surface area contributed by atoms with Crippen LogP contribution in [0.25, 0.3) is 0 Å². The molecule has 0 amide bonds. The van der Waals surface area contributed by atoms with E-state index in [1.165, 1.54) is 12.3 Å². The van der Waals surface area contributed by atoms with Gasteiger partial charge in [0, 0.05) is 3.57 Å². The summed E-state index contributed by atoms with van der Waals surface area (Å²) in [5.74, 6) is -0.729. The molecule has 0 atom stereocenters. The lowest BCUT2D eigenvalue weighted by molar-refractivity contribution is 0.0698. The molecule has 19 heavy (non-hydrogen) atoms. The Balaban J connectivity index is 2.36. The molecular weight excluding hydrogens is 381 g/mol. The van der Waals surface area contributed by atoms with Crippen molar-refractivity contribution in [3.05, 3.63) is 44.6 Å². The van der Waals surface area contributed by atoms with Crippen molar-refractivity contribution in [1.82, 2.24) is 4.98 Å². The number of pyridine rings is 1. The minimum absolute atomic E-state index is 0.000694. The van der Waals surface area contributed by atoms with Gasteiger partial charge >= 0.3 is 5.97 Å². The van der Waals surface area contributed by atoms with Crippen LogP contribution in [0.15, 0.2) is 30.5 Å². The second-order valence-corrected chi connectivity index (χ2v) is 5.36. The van der Waals surface area contributed by atoms with Crippen molar-refractivity contribution in [3.8, 4) is 0 Å². The molecule has 0 saturated carbocycles. The fourth-order valence-electron chi connectivity index (χ4n) is 1.45. The SMILES string of the molecule is Nc1cnc(Nc2cc(I)ccc2Cl)cc1C(=O)O. The summed E-state index contributed by atoms with van der Waals surface area (Å²) in [5, 5.41) is 12.5. The molecule has 0 spiro atoms. The summed E-state index contributed by atoms with van der Waals surface area (Å²) in [7, 11) is 0. The molecule has 0 radical (unpaired) electrons. The third-order valence-electron chi connectivity index (χ3n) is 2.36. The van der Waals surface area contributed by atoms with Crippen LogP contribution in [-0.4, -0.2) is 16.1 Å². The van der Waals surface area contributed by atoms with E-state index in [4.69, 9.17) is 22.4 Å². The highest BCUT2D eigenvalue weighted by molar-refractivity contribution is 14.1. The lowest BCUT2D eigenvalue weighted by Crippen LogP contribution is -2.05. The molecule has 2 rings (SSSR count). The van der Waals surface area contributed by atoms with Gasteiger partial charge in [-0.05, 0) is 46.9 Å². The van der Waals surface area contributed by atoms with Crippen LogP contribution < -0.4 is 11.1 Å². The molecule has 1 aromatic heterocycles. The number of benzene rings is 1. The standard InChI is InChI=1S/C12H9ClIN3O2/c13-8-2-1-6(14)3-10(8)17-11-4-7(12(18)19)9(15)5-16-11/h1-5H,15H2,(H,16,17)(H,18,19). The first-order valence-corrected chi connectivity index (χ1v) is 6.64. The third-order valence-corrected chi connectivity index (χ3v) is 3.36. The molecule has 1 heterocycles. The van der Waals surface area contributed by atoms with Crippen molar-refractivity contribution in [2.24, 2.45) is 0 Å². The first kappa shape index (κ1) is 13.9. The van der Waals surface area contributed by atoms with E-state index >= 15 is 0 Å². The molecule has 0 bridgehead atoms. The van der Waals surface area contributed by atoms with E-state index in [2.05, 4.69) is 32.9 Å². The average Bonchev–Trinajstić information content (AvgIpc) is 2.36. The summed E-state index contributed by atoms with van der Waals surface area (Å²) >= 11 is 8.20. The van der Waals surface area contributed by atoms with Crippen LogP contribution in [0.4, 0.5) is 17.2 Å². The molecule has 2 aromatic rings. The number of hydrogen-bond donors (Lipinski definition) is 3. The molecule has 4 N–H and O–H groups in total. The Bertz CT molecular complexity index is 649. The topological polar surface area (TPSA) is 88.2 Å². The van der Waals surface area contributed by atoms with Gasteiger partial charge in [-0.15, -0.1) is 0 Å². The van der Waals surface area contributed by atoms with Crippen LogP contribution in [0.2, 0.25) is 5.02 Å². The number of nitrogens with two attached hydrogens (primary N) is 1. The van der Waals surface area contributed by atoms with Gasteiger partial charge in [0.2, 0.25) is 0 Å². The number of rotatable bonds is 3. The molecule has 1 aromatic carbocycles. The first-order valence-electron chi connectivity index (χ1n) is 5.18. The quantitative estimate of drug-likeness (QED) is 0.701. The molecule has 0 aliphatic heterocycles. The third kappa shape index (κ3) is 3.27. The monoisotopic (exact) mass is 389 g/mol. The predicted molar refractivity (Wildman–Crippen MR) is 83.1 cm³/mol. The molecule has 98 valence electrons. The average molecular weight is 390 g/mol. The van der Waals surface area contributed by atoms with Crippen LogP contribution in [-0.2, 0) is 0 Å². The zero-order valence-electron chi connectivity index (χ0n) is 9.52. The molecule has 0 aliphatic carbocycles. The van der Waals surface area contributed by atoms with Crippen molar-refractivity contribution in [2.45, 2.75) is 0 Å². The van der Waals surface area contributed by atoms with E-state index in [9.17, 15) is 4.79 Å². The van der Waals surface area contributed by atoms with Gasteiger partial charge in [0.1, 0.15) is 5.82 Å². The lowest BCUT2D eigenvalue weighted by Gasteiger charge is -2.09. The second-order valence-electron chi connectivity index (χ2n) is 3.71. The smallest absolute Gasteiger partial charge is 0.337 e. The van der Waals surface area contributed by atoms with Crippen LogP contribution >= 0.6 is 34.2 Å². The fourth-order valence-corrected chi connectivity index (χ4v) is 2.11. The van der Waals surface area contributed by atoms with Crippen molar-refractivity contribution in [3.63, 3.8) is 0 Å². The lowest BCUT2D eigenvalue weighted by atomic mass is 10.2. The molecule has 0 fully saturated rings. The number of nitrogen functional groups attached to an aromatic ring is 1. The van der Waals surface area contributed by atoms with Gasteiger partial charge in [0.05, 0.1) is 28.2 Å². The Kier molecular flexibility index (Phi) is 4.11. The largest absolute Gasteiger partial charge is 0.478 e. The van der Waals surface area contributed by atoms with Gasteiger partial charge < -0.3 is 16.2 Å². The maximum absolute atomic E-state index is 11.0. The molecular formula is C12H9ClIN3O2. The van der Waals surface area contributed by atoms with E-state index in [1.807, 2.05) is 12.1 Å². The van der Waals surface area contributed by atoms with Gasteiger partial charge in [0.15, 0.2) is 0 Å². The van der Waals surface area contributed by atoms with Crippen LogP contribution in [0.5, 0.6) is 0 Å². The number of carbonyl (C=O) groups is 1. The number of aromatic carboxylic acids is 1. The van der Waals surface area contributed by atoms with Crippen molar-refractivity contribution in [1.29, 1.82) is 0 Å². The number of carboxylic acid groups (broad SMARTS) is 1. The van der Waals surface area contributed by atoms with E-state index in [0.29, 0.717) is 16.5 Å². The summed E-state index contributed by atoms with van der Waals surface area (Å²) < 4.78 is 0.999. The molecule has 0 aliphatic rings. The summed E-state index contributed by atoms with van der Waals surface area (Å²) in [4.78, 5) is 15.0. The van der Waals surface area contributed by atoms with Crippen LogP contribution in [0.3, 0.4) is 0 Å². The number of carboxylic acids is 1. The Hall–Kier alpha value is -1.54. The summed E-state index contributed by atoms with van der Waals surface area (Å²) in [6.07, 6.45) is 1.30. The van der Waals surface area contributed by atoms with Crippen molar-refractivity contribution < 1.29 is 9.90 Å². The van der Waals surface area contributed by atoms with E-state index in [1.54, 1.807) is 6.07 Å². The Morgan fingerprint density at radius 1 is 1.42 bits per heavy atom. The van der Waals surface area contributed by atoms with Crippen molar-refractivity contribution >= 4 is 57.4 Å². The zero-order valence-corrected chi connectivity index (χ0v) is 12.4. The van der Waals surface area contributed by atoms with Gasteiger partial charge in [-0.3, -0.25) is 0 Å². The Morgan fingerprint density at radius 2 is 2.16 bits per heavy atom. The van der Waals surface area contributed by atoms with Gasteiger partial charge in [-0.25, -0.2) is 9.78 Å². The number of halogens is 2. The first-order chi connectivity index (χ1) is 8.97. The highest BCUT2D eigenvalue weighted by Gasteiger charge is 2.10.